The molecule has 3 aromatic rings. The van der Waals surface area contributed by atoms with Crippen molar-refractivity contribution in [2.24, 2.45) is 16.7 Å². The van der Waals surface area contributed by atoms with Gasteiger partial charge in [-0.2, -0.15) is 0 Å². The number of hydrogen-bond acceptors (Lipinski definition) is 6. The first-order valence-electron chi connectivity index (χ1n) is 18.6. The average molecular weight is 689 g/mol. The number of fused-ring (bicyclic) bond motifs is 2. The normalized spacial score (nSPS) is 27.2. The summed E-state index contributed by atoms with van der Waals surface area (Å²) in [6.45, 7) is 20.4. The van der Waals surface area contributed by atoms with Gasteiger partial charge in [0.25, 0.3) is 0 Å². The summed E-state index contributed by atoms with van der Waals surface area (Å²) in [5.41, 5.74) is 5.79. The third kappa shape index (κ3) is 7.03. The standard InChI is InChI=1S/C45H52O6/c1-43(2,3)41-34-13-9-8-12-33(34)38(50-26-31-24-48-31)20-35(41)40(28-15-17-29(18-16-28)46-22-30-23-47-30)36-21-39(51-27-32-25-49-32)37-14-10-11-19-45(37,7)42(36)44(4,5)6/h8-21,30-32,37,40H,22-27H2,1-7H3. The topological polar surface area (TPSA) is 65.3 Å². The molecule has 2 aliphatic carbocycles. The maximum absolute atomic E-state index is 6.74. The predicted octanol–water partition coefficient (Wildman–Crippen LogP) is 9.23. The Kier molecular flexibility index (Phi) is 8.72. The number of ether oxygens (including phenoxy) is 6. The van der Waals surface area contributed by atoms with Crippen molar-refractivity contribution in [3.8, 4) is 11.5 Å². The molecule has 0 radical (unpaired) electrons. The Morgan fingerprint density at radius 3 is 1.96 bits per heavy atom. The molecular formula is C45H52O6. The summed E-state index contributed by atoms with van der Waals surface area (Å²) >= 11 is 0. The molecule has 268 valence electrons. The molecule has 0 aromatic heterocycles. The van der Waals surface area contributed by atoms with Crippen LogP contribution in [0, 0.1) is 16.7 Å². The second-order valence-electron chi connectivity index (χ2n) is 17.1. The Morgan fingerprint density at radius 2 is 1.35 bits per heavy atom. The van der Waals surface area contributed by atoms with Crippen molar-refractivity contribution >= 4 is 10.8 Å². The van der Waals surface area contributed by atoms with Gasteiger partial charge in [-0.25, -0.2) is 0 Å². The van der Waals surface area contributed by atoms with E-state index >= 15 is 0 Å². The summed E-state index contributed by atoms with van der Waals surface area (Å²) in [7, 11) is 0. The van der Waals surface area contributed by atoms with E-state index in [0.717, 1.165) is 42.5 Å². The number of rotatable bonds is 12. The molecule has 0 amide bonds. The van der Waals surface area contributed by atoms with E-state index in [1.54, 1.807) is 0 Å². The molecule has 8 rings (SSSR count). The first-order chi connectivity index (χ1) is 24.4. The average Bonchev–Trinajstić information content (AvgIpc) is 3.93. The quantitative estimate of drug-likeness (QED) is 0.177. The van der Waals surface area contributed by atoms with Crippen molar-refractivity contribution in [3.63, 3.8) is 0 Å². The van der Waals surface area contributed by atoms with Gasteiger partial charge in [0.2, 0.25) is 0 Å². The summed E-state index contributed by atoms with van der Waals surface area (Å²) in [6.07, 6.45) is 12.0. The van der Waals surface area contributed by atoms with Crippen LogP contribution in [-0.4, -0.2) is 58.0 Å². The first kappa shape index (κ1) is 34.3. The third-order valence-corrected chi connectivity index (χ3v) is 10.8. The molecule has 6 atom stereocenters. The van der Waals surface area contributed by atoms with Crippen LogP contribution in [0.1, 0.15) is 71.1 Å². The van der Waals surface area contributed by atoms with Gasteiger partial charge in [0, 0.05) is 22.6 Å². The second kappa shape index (κ2) is 13.0. The molecule has 6 unspecified atom stereocenters. The minimum absolute atomic E-state index is 0.0800. The van der Waals surface area contributed by atoms with E-state index in [4.69, 9.17) is 28.4 Å². The molecule has 51 heavy (non-hydrogen) atoms. The lowest BCUT2D eigenvalue weighted by Crippen LogP contribution is -2.39. The van der Waals surface area contributed by atoms with E-state index in [-0.39, 0.29) is 46.4 Å². The summed E-state index contributed by atoms with van der Waals surface area (Å²) in [6, 6.07) is 19.8. The Balaban J connectivity index is 1.39. The molecule has 6 nitrogen and oxygen atoms in total. The summed E-state index contributed by atoms with van der Waals surface area (Å²) in [5, 5.41) is 2.34. The highest BCUT2D eigenvalue weighted by Gasteiger charge is 2.48. The SMILES string of the molecule is CC(C)(C)C1=C(C(c2ccc(OCC3CO3)cc2)c2cc(OCC3CO3)c3ccccc3c2C(C)(C)C)C=C(OCC2CO2)C2C=CC=CC12C. The van der Waals surface area contributed by atoms with E-state index in [0.29, 0.717) is 19.8 Å². The predicted molar refractivity (Wildman–Crippen MR) is 202 cm³/mol. The Bertz CT molecular complexity index is 1910. The van der Waals surface area contributed by atoms with Crippen LogP contribution in [0.5, 0.6) is 11.5 Å². The van der Waals surface area contributed by atoms with E-state index in [1.807, 2.05) is 0 Å². The van der Waals surface area contributed by atoms with Crippen LogP contribution in [0.25, 0.3) is 10.8 Å². The van der Waals surface area contributed by atoms with Gasteiger partial charge >= 0.3 is 0 Å². The third-order valence-electron chi connectivity index (χ3n) is 10.8. The Labute approximate surface area is 303 Å². The van der Waals surface area contributed by atoms with Crippen molar-refractivity contribution in [2.45, 2.75) is 78.1 Å². The summed E-state index contributed by atoms with van der Waals surface area (Å²) < 4.78 is 36.1. The monoisotopic (exact) mass is 688 g/mol. The minimum Gasteiger partial charge on any atom is -0.494 e. The number of epoxide rings is 3. The van der Waals surface area contributed by atoms with E-state index in [2.05, 4.69) is 133 Å². The lowest BCUT2D eigenvalue weighted by molar-refractivity contribution is 0.134. The number of benzene rings is 3. The fraction of sp³-hybridized carbons (Fsp3) is 0.467. The lowest BCUT2D eigenvalue weighted by atomic mass is 9.56. The molecule has 5 aliphatic rings. The molecule has 0 N–H and O–H groups in total. The van der Waals surface area contributed by atoms with Gasteiger partial charge < -0.3 is 28.4 Å². The highest BCUT2D eigenvalue weighted by Crippen LogP contribution is 2.58. The van der Waals surface area contributed by atoms with Crippen LogP contribution >= 0.6 is 0 Å². The molecule has 3 fully saturated rings. The highest BCUT2D eigenvalue weighted by molar-refractivity contribution is 5.93. The number of hydrogen-bond donors (Lipinski definition) is 0. The van der Waals surface area contributed by atoms with E-state index in [1.165, 1.54) is 33.2 Å². The zero-order valence-corrected chi connectivity index (χ0v) is 31.2. The molecular weight excluding hydrogens is 636 g/mol. The van der Waals surface area contributed by atoms with E-state index in [9.17, 15) is 0 Å². The van der Waals surface area contributed by atoms with Crippen LogP contribution in [0.2, 0.25) is 0 Å². The Morgan fingerprint density at radius 1 is 0.745 bits per heavy atom. The van der Waals surface area contributed by atoms with Crippen molar-refractivity contribution in [3.05, 3.63) is 119 Å². The van der Waals surface area contributed by atoms with Gasteiger partial charge in [0.05, 0.1) is 19.8 Å². The molecule has 0 bridgehead atoms. The summed E-state index contributed by atoms with van der Waals surface area (Å²) in [4.78, 5) is 0. The maximum atomic E-state index is 6.74. The van der Waals surface area contributed by atoms with Gasteiger partial charge in [-0.3, -0.25) is 0 Å². The molecule has 3 aliphatic heterocycles. The molecule has 0 saturated carbocycles. The fourth-order valence-electron chi connectivity index (χ4n) is 8.47. The molecule has 3 saturated heterocycles. The minimum atomic E-state index is -0.302. The molecule has 3 heterocycles. The highest BCUT2D eigenvalue weighted by atomic mass is 16.6. The largest absolute Gasteiger partial charge is 0.494 e. The van der Waals surface area contributed by atoms with Crippen molar-refractivity contribution in [2.75, 3.05) is 39.6 Å². The van der Waals surface area contributed by atoms with Crippen LogP contribution in [0.15, 0.2) is 102 Å². The van der Waals surface area contributed by atoms with Gasteiger partial charge in [0.15, 0.2) is 0 Å². The van der Waals surface area contributed by atoms with Crippen LogP contribution < -0.4 is 9.47 Å². The fourth-order valence-corrected chi connectivity index (χ4v) is 8.47. The molecule has 3 aromatic carbocycles. The first-order valence-corrected chi connectivity index (χ1v) is 18.6. The molecule has 0 spiro atoms. The smallest absolute Gasteiger partial charge is 0.127 e. The summed E-state index contributed by atoms with van der Waals surface area (Å²) in [5.74, 6) is 2.68. The van der Waals surface area contributed by atoms with Gasteiger partial charge in [-0.1, -0.05) is 109 Å². The van der Waals surface area contributed by atoms with Crippen molar-refractivity contribution < 1.29 is 28.4 Å². The maximum Gasteiger partial charge on any atom is 0.127 e. The van der Waals surface area contributed by atoms with Gasteiger partial charge in [-0.05, 0) is 68.3 Å². The zero-order valence-electron chi connectivity index (χ0n) is 31.2. The van der Waals surface area contributed by atoms with E-state index < -0.39 is 0 Å². The Hall–Kier alpha value is -3.84. The second-order valence-corrected chi connectivity index (χ2v) is 17.1. The van der Waals surface area contributed by atoms with Gasteiger partial charge in [-0.15, -0.1) is 0 Å². The van der Waals surface area contributed by atoms with Crippen LogP contribution in [0.3, 0.4) is 0 Å². The zero-order chi connectivity index (χ0) is 35.5. The van der Waals surface area contributed by atoms with Crippen LogP contribution in [-0.2, 0) is 24.4 Å². The lowest BCUT2D eigenvalue weighted by Gasteiger charge is -2.49. The van der Waals surface area contributed by atoms with Gasteiger partial charge in [0.1, 0.15) is 55.4 Å². The molecule has 6 heteroatoms. The van der Waals surface area contributed by atoms with Crippen LogP contribution in [0.4, 0.5) is 0 Å². The van der Waals surface area contributed by atoms with Crippen molar-refractivity contribution in [1.29, 1.82) is 0 Å². The number of allylic oxidation sites excluding steroid dienone is 7. The van der Waals surface area contributed by atoms with Crippen molar-refractivity contribution in [1.82, 2.24) is 0 Å².